The number of carbonyl (C=O) groups excluding carboxylic acids is 1. The third kappa shape index (κ3) is 3.37. The molecule has 0 saturated carbocycles. The molecule has 2 rings (SSSR count). The SMILES string of the molecule is CCc1cccc(OCc2ccc(C(=O)OC)o2)c1. The standard InChI is InChI=1S/C15H16O4/c1-3-11-5-4-6-12(9-11)18-10-13-7-8-14(19-13)15(16)17-2/h4-9H,3,10H2,1-2H3. The van der Waals surface area contributed by atoms with Crippen LogP contribution in [-0.2, 0) is 17.8 Å². The van der Waals surface area contributed by atoms with E-state index >= 15 is 0 Å². The Morgan fingerprint density at radius 3 is 2.84 bits per heavy atom. The topological polar surface area (TPSA) is 48.7 Å². The highest BCUT2D eigenvalue weighted by Crippen LogP contribution is 2.16. The van der Waals surface area contributed by atoms with Crippen molar-refractivity contribution in [2.24, 2.45) is 0 Å². The Bertz CT molecular complexity index is 557. The van der Waals surface area contributed by atoms with Crippen LogP contribution in [0.4, 0.5) is 0 Å². The average molecular weight is 260 g/mol. The van der Waals surface area contributed by atoms with E-state index in [1.165, 1.54) is 12.7 Å². The summed E-state index contributed by atoms with van der Waals surface area (Å²) in [4.78, 5) is 11.2. The first-order valence-electron chi connectivity index (χ1n) is 6.11. The molecule has 0 radical (unpaired) electrons. The molecule has 4 heteroatoms. The zero-order valence-electron chi connectivity index (χ0n) is 11.0. The van der Waals surface area contributed by atoms with E-state index in [0.717, 1.165) is 12.2 Å². The number of ether oxygens (including phenoxy) is 2. The summed E-state index contributed by atoms with van der Waals surface area (Å²) >= 11 is 0. The van der Waals surface area contributed by atoms with Crippen molar-refractivity contribution in [1.29, 1.82) is 0 Å². The minimum Gasteiger partial charge on any atom is -0.486 e. The van der Waals surface area contributed by atoms with Gasteiger partial charge in [-0.2, -0.15) is 0 Å². The van der Waals surface area contributed by atoms with Crippen molar-refractivity contribution in [3.63, 3.8) is 0 Å². The zero-order chi connectivity index (χ0) is 13.7. The molecule has 0 amide bonds. The summed E-state index contributed by atoms with van der Waals surface area (Å²) in [5.41, 5.74) is 1.21. The summed E-state index contributed by atoms with van der Waals surface area (Å²) in [5, 5.41) is 0. The van der Waals surface area contributed by atoms with E-state index in [1.54, 1.807) is 12.1 Å². The molecular weight excluding hydrogens is 244 g/mol. The van der Waals surface area contributed by atoms with Gasteiger partial charge in [0.1, 0.15) is 18.1 Å². The van der Waals surface area contributed by atoms with Crippen molar-refractivity contribution >= 4 is 5.97 Å². The van der Waals surface area contributed by atoms with Crippen molar-refractivity contribution in [2.75, 3.05) is 7.11 Å². The Balaban J connectivity index is 1.98. The van der Waals surface area contributed by atoms with E-state index in [0.29, 0.717) is 5.76 Å². The summed E-state index contributed by atoms with van der Waals surface area (Å²) in [5.74, 6) is 1.07. The van der Waals surface area contributed by atoms with E-state index in [2.05, 4.69) is 17.7 Å². The predicted octanol–water partition coefficient (Wildman–Crippen LogP) is 3.21. The van der Waals surface area contributed by atoms with Gasteiger partial charge in [0.2, 0.25) is 5.76 Å². The number of hydrogen-bond acceptors (Lipinski definition) is 4. The van der Waals surface area contributed by atoms with E-state index < -0.39 is 5.97 Å². The molecule has 0 unspecified atom stereocenters. The van der Waals surface area contributed by atoms with Crippen LogP contribution in [0.5, 0.6) is 5.75 Å². The molecule has 0 fully saturated rings. The second-order valence-corrected chi connectivity index (χ2v) is 4.05. The average Bonchev–Trinajstić information content (AvgIpc) is 2.93. The lowest BCUT2D eigenvalue weighted by Gasteiger charge is -2.05. The molecule has 0 aliphatic rings. The van der Waals surface area contributed by atoms with Crippen LogP contribution in [0, 0.1) is 0 Å². The first-order chi connectivity index (χ1) is 9.22. The molecule has 100 valence electrons. The fourth-order valence-electron chi connectivity index (χ4n) is 1.68. The minimum absolute atomic E-state index is 0.184. The largest absolute Gasteiger partial charge is 0.486 e. The molecule has 4 nitrogen and oxygen atoms in total. The monoisotopic (exact) mass is 260 g/mol. The zero-order valence-corrected chi connectivity index (χ0v) is 11.0. The van der Waals surface area contributed by atoms with Crippen LogP contribution < -0.4 is 4.74 Å². The maximum absolute atomic E-state index is 11.2. The van der Waals surface area contributed by atoms with Crippen LogP contribution in [0.2, 0.25) is 0 Å². The van der Waals surface area contributed by atoms with Crippen molar-refractivity contribution < 1.29 is 18.7 Å². The second-order valence-electron chi connectivity index (χ2n) is 4.05. The first-order valence-corrected chi connectivity index (χ1v) is 6.11. The van der Waals surface area contributed by atoms with Gasteiger partial charge in [-0.1, -0.05) is 19.1 Å². The number of carbonyl (C=O) groups is 1. The van der Waals surface area contributed by atoms with Crippen LogP contribution in [0.25, 0.3) is 0 Å². The number of methoxy groups -OCH3 is 1. The van der Waals surface area contributed by atoms with E-state index in [-0.39, 0.29) is 12.4 Å². The lowest BCUT2D eigenvalue weighted by Crippen LogP contribution is -1.99. The minimum atomic E-state index is -0.487. The Kier molecular flexibility index (Phi) is 4.23. The molecule has 0 aliphatic carbocycles. The van der Waals surface area contributed by atoms with Gasteiger partial charge in [-0.3, -0.25) is 0 Å². The van der Waals surface area contributed by atoms with Gasteiger partial charge in [-0.15, -0.1) is 0 Å². The number of furan rings is 1. The lowest BCUT2D eigenvalue weighted by atomic mass is 10.2. The Morgan fingerprint density at radius 2 is 2.11 bits per heavy atom. The molecule has 0 bridgehead atoms. The Hall–Kier alpha value is -2.23. The van der Waals surface area contributed by atoms with Crippen LogP contribution in [-0.4, -0.2) is 13.1 Å². The normalized spacial score (nSPS) is 10.2. The van der Waals surface area contributed by atoms with E-state index in [1.807, 2.05) is 18.2 Å². The molecule has 0 spiro atoms. The summed E-state index contributed by atoms with van der Waals surface area (Å²) in [6.45, 7) is 2.37. The molecule has 0 aliphatic heterocycles. The van der Waals surface area contributed by atoms with Crippen LogP contribution >= 0.6 is 0 Å². The smallest absolute Gasteiger partial charge is 0.373 e. The van der Waals surface area contributed by atoms with Crippen LogP contribution in [0.15, 0.2) is 40.8 Å². The Morgan fingerprint density at radius 1 is 1.26 bits per heavy atom. The molecule has 0 N–H and O–H groups in total. The maximum Gasteiger partial charge on any atom is 0.373 e. The van der Waals surface area contributed by atoms with Crippen LogP contribution in [0.3, 0.4) is 0 Å². The van der Waals surface area contributed by atoms with Gasteiger partial charge < -0.3 is 13.9 Å². The lowest BCUT2D eigenvalue weighted by molar-refractivity contribution is 0.0561. The number of hydrogen-bond donors (Lipinski definition) is 0. The van der Waals surface area contributed by atoms with Crippen LogP contribution in [0.1, 0.15) is 28.8 Å². The third-order valence-electron chi connectivity index (χ3n) is 2.74. The van der Waals surface area contributed by atoms with Gasteiger partial charge >= 0.3 is 5.97 Å². The van der Waals surface area contributed by atoms with E-state index in [9.17, 15) is 4.79 Å². The molecule has 0 atom stereocenters. The van der Waals surface area contributed by atoms with Crippen molar-refractivity contribution in [2.45, 2.75) is 20.0 Å². The fraction of sp³-hybridized carbons (Fsp3) is 0.267. The summed E-state index contributed by atoms with van der Waals surface area (Å²) in [7, 11) is 1.32. The number of aryl methyl sites for hydroxylation is 1. The molecule has 0 saturated heterocycles. The van der Waals surface area contributed by atoms with Gasteiger partial charge in [0.05, 0.1) is 7.11 Å². The number of rotatable bonds is 5. The van der Waals surface area contributed by atoms with Gasteiger partial charge in [0.25, 0.3) is 0 Å². The molecule has 2 aromatic rings. The van der Waals surface area contributed by atoms with Gasteiger partial charge in [-0.05, 0) is 36.2 Å². The Labute approximate surface area is 111 Å². The van der Waals surface area contributed by atoms with E-state index in [4.69, 9.17) is 9.15 Å². The number of benzene rings is 1. The summed E-state index contributed by atoms with van der Waals surface area (Å²) < 4.78 is 15.5. The summed E-state index contributed by atoms with van der Waals surface area (Å²) in [6.07, 6.45) is 0.963. The fourth-order valence-corrected chi connectivity index (χ4v) is 1.68. The van der Waals surface area contributed by atoms with Crippen molar-refractivity contribution in [3.05, 3.63) is 53.5 Å². The predicted molar refractivity (Wildman–Crippen MR) is 70.2 cm³/mol. The number of esters is 1. The maximum atomic E-state index is 11.2. The van der Waals surface area contributed by atoms with Crippen molar-refractivity contribution in [3.8, 4) is 5.75 Å². The highest BCUT2D eigenvalue weighted by molar-refractivity contribution is 5.86. The van der Waals surface area contributed by atoms with Gasteiger partial charge in [0, 0.05) is 0 Å². The highest BCUT2D eigenvalue weighted by Gasteiger charge is 2.11. The quantitative estimate of drug-likeness (QED) is 0.774. The molecule has 1 aromatic carbocycles. The molecule has 19 heavy (non-hydrogen) atoms. The first kappa shape index (κ1) is 13.2. The third-order valence-corrected chi connectivity index (χ3v) is 2.74. The van der Waals surface area contributed by atoms with Gasteiger partial charge in [-0.25, -0.2) is 4.79 Å². The molecule has 1 heterocycles. The highest BCUT2D eigenvalue weighted by atomic mass is 16.5. The van der Waals surface area contributed by atoms with Crippen molar-refractivity contribution in [1.82, 2.24) is 0 Å². The van der Waals surface area contributed by atoms with Gasteiger partial charge in [0.15, 0.2) is 0 Å². The summed E-state index contributed by atoms with van der Waals surface area (Å²) in [6, 6.07) is 11.2. The second kappa shape index (κ2) is 6.09. The molecular formula is C15H16O4. The molecule has 1 aromatic heterocycles.